The smallest absolute Gasteiger partial charge is 0.279 e. The normalized spacial score (nSPS) is 10.3. The van der Waals surface area contributed by atoms with Crippen molar-refractivity contribution in [1.29, 1.82) is 0 Å². The van der Waals surface area contributed by atoms with Crippen LogP contribution < -0.4 is 11.1 Å². The minimum atomic E-state index is -0.357. The summed E-state index contributed by atoms with van der Waals surface area (Å²) in [6.45, 7) is 2.04. The molecular formula is C12H15N5O. The van der Waals surface area contributed by atoms with Crippen LogP contribution in [-0.4, -0.2) is 21.1 Å². The lowest BCUT2D eigenvalue weighted by Gasteiger charge is -2.02. The number of aromatic nitrogens is 3. The molecule has 4 N–H and O–H groups in total. The number of aromatic amines is 1. The van der Waals surface area contributed by atoms with Crippen molar-refractivity contribution in [3.05, 3.63) is 35.8 Å². The maximum Gasteiger partial charge on any atom is 0.279 e. The van der Waals surface area contributed by atoms with E-state index < -0.39 is 0 Å². The van der Waals surface area contributed by atoms with Crippen LogP contribution in [0.15, 0.2) is 24.4 Å². The molecule has 0 aliphatic carbocycles. The van der Waals surface area contributed by atoms with E-state index in [0.717, 1.165) is 18.5 Å². The van der Waals surface area contributed by atoms with Gasteiger partial charge in [-0.3, -0.25) is 9.89 Å². The van der Waals surface area contributed by atoms with Crippen molar-refractivity contribution < 1.29 is 4.79 Å². The lowest BCUT2D eigenvalue weighted by atomic mass is 10.2. The predicted octanol–water partition coefficient (Wildman–Crippen LogP) is 1.59. The van der Waals surface area contributed by atoms with Gasteiger partial charge in [-0.1, -0.05) is 19.4 Å². The molecule has 0 bridgehead atoms. The Labute approximate surface area is 105 Å². The van der Waals surface area contributed by atoms with Crippen molar-refractivity contribution >= 4 is 17.4 Å². The Morgan fingerprint density at radius 1 is 1.50 bits per heavy atom. The SMILES string of the molecule is CCCc1[nH]nc(C(=O)Nc2ccccn2)c1N. The molecular weight excluding hydrogens is 230 g/mol. The molecule has 2 heterocycles. The molecule has 0 fully saturated rings. The standard InChI is InChI=1S/C12H15N5O/c1-2-5-8-10(13)11(17-16-8)12(18)15-9-6-3-4-7-14-9/h3-4,6-7H,2,5,13H2,1H3,(H,16,17)(H,14,15,18). The van der Waals surface area contributed by atoms with Crippen LogP contribution >= 0.6 is 0 Å². The fraction of sp³-hybridized carbons (Fsp3) is 0.250. The van der Waals surface area contributed by atoms with Crippen molar-refractivity contribution in [1.82, 2.24) is 15.2 Å². The van der Waals surface area contributed by atoms with E-state index in [4.69, 9.17) is 5.73 Å². The van der Waals surface area contributed by atoms with Crippen LogP contribution in [-0.2, 0) is 6.42 Å². The van der Waals surface area contributed by atoms with Crippen LogP contribution in [0.5, 0.6) is 0 Å². The summed E-state index contributed by atoms with van der Waals surface area (Å²) in [6, 6.07) is 5.27. The summed E-state index contributed by atoms with van der Waals surface area (Å²) in [5.41, 5.74) is 7.28. The van der Waals surface area contributed by atoms with E-state index in [1.165, 1.54) is 0 Å². The first-order valence-electron chi connectivity index (χ1n) is 5.77. The van der Waals surface area contributed by atoms with Crippen molar-refractivity contribution in [3.8, 4) is 0 Å². The zero-order valence-corrected chi connectivity index (χ0v) is 10.1. The second kappa shape index (κ2) is 5.31. The quantitative estimate of drug-likeness (QED) is 0.762. The number of hydrogen-bond donors (Lipinski definition) is 3. The Balaban J connectivity index is 2.14. The van der Waals surface area contributed by atoms with E-state index in [9.17, 15) is 4.79 Å². The number of nitrogen functional groups attached to an aromatic ring is 1. The van der Waals surface area contributed by atoms with Gasteiger partial charge in [-0.2, -0.15) is 5.10 Å². The molecule has 2 rings (SSSR count). The number of nitrogens with zero attached hydrogens (tertiary/aromatic N) is 2. The highest BCUT2D eigenvalue weighted by Crippen LogP contribution is 2.16. The highest BCUT2D eigenvalue weighted by atomic mass is 16.2. The van der Waals surface area contributed by atoms with Gasteiger partial charge in [-0.25, -0.2) is 4.98 Å². The lowest BCUT2D eigenvalue weighted by molar-refractivity contribution is 0.102. The highest BCUT2D eigenvalue weighted by Gasteiger charge is 2.17. The van der Waals surface area contributed by atoms with E-state index in [1.54, 1.807) is 24.4 Å². The van der Waals surface area contributed by atoms with Gasteiger partial charge in [0.2, 0.25) is 0 Å². The zero-order chi connectivity index (χ0) is 13.0. The van der Waals surface area contributed by atoms with Crippen molar-refractivity contribution in [2.45, 2.75) is 19.8 Å². The molecule has 0 aliphatic rings. The molecule has 94 valence electrons. The monoisotopic (exact) mass is 245 g/mol. The fourth-order valence-electron chi connectivity index (χ4n) is 1.61. The van der Waals surface area contributed by atoms with Crippen LogP contribution in [0.3, 0.4) is 0 Å². The first-order chi connectivity index (χ1) is 8.72. The number of aryl methyl sites for hydroxylation is 1. The molecule has 0 unspecified atom stereocenters. The molecule has 0 aliphatic heterocycles. The molecule has 6 heteroatoms. The Bertz CT molecular complexity index is 535. The average Bonchev–Trinajstić information content (AvgIpc) is 2.73. The molecule has 0 saturated carbocycles. The van der Waals surface area contributed by atoms with Crippen LogP contribution in [0.2, 0.25) is 0 Å². The Kier molecular flexibility index (Phi) is 3.57. The number of rotatable bonds is 4. The molecule has 0 saturated heterocycles. The fourth-order valence-corrected chi connectivity index (χ4v) is 1.61. The van der Waals surface area contributed by atoms with E-state index in [2.05, 4.69) is 20.5 Å². The van der Waals surface area contributed by atoms with Crippen molar-refractivity contribution in [3.63, 3.8) is 0 Å². The summed E-state index contributed by atoms with van der Waals surface area (Å²) in [7, 11) is 0. The number of amides is 1. The molecule has 6 nitrogen and oxygen atoms in total. The van der Waals surface area contributed by atoms with Crippen LogP contribution in [0.4, 0.5) is 11.5 Å². The lowest BCUT2D eigenvalue weighted by Crippen LogP contribution is -2.15. The number of carbonyl (C=O) groups excluding carboxylic acids is 1. The summed E-state index contributed by atoms with van der Waals surface area (Å²) in [4.78, 5) is 15.9. The first-order valence-corrected chi connectivity index (χ1v) is 5.77. The summed E-state index contributed by atoms with van der Waals surface area (Å²) in [5, 5.41) is 9.37. The minimum Gasteiger partial charge on any atom is -0.395 e. The molecule has 0 atom stereocenters. The van der Waals surface area contributed by atoms with Gasteiger partial charge < -0.3 is 11.1 Å². The topological polar surface area (TPSA) is 96.7 Å². The van der Waals surface area contributed by atoms with Gasteiger partial charge >= 0.3 is 0 Å². The molecule has 0 radical (unpaired) electrons. The average molecular weight is 245 g/mol. The van der Waals surface area contributed by atoms with E-state index in [-0.39, 0.29) is 11.6 Å². The summed E-state index contributed by atoms with van der Waals surface area (Å²) < 4.78 is 0. The number of pyridine rings is 1. The number of anilines is 2. The Morgan fingerprint density at radius 2 is 2.33 bits per heavy atom. The van der Waals surface area contributed by atoms with E-state index in [1.807, 2.05) is 6.92 Å². The molecule has 1 amide bonds. The van der Waals surface area contributed by atoms with Crippen LogP contribution in [0, 0.1) is 0 Å². The first kappa shape index (κ1) is 12.1. The third-order valence-electron chi connectivity index (χ3n) is 2.50. The van der Waals surface area contributed by atoms with Gasteiger partial charge in [0.05, 0.1) is 11.4 Å². The number of carbonyl (C=O) groups is 1. The predicted molar refractivity (Wildman–Crippen MR) is 69.2 cm³/mol. The number of H-pyrrole nitrogens is 1. The van der Waals surface area contributed by atoms with Crippen molar-refractivity contribution in [2.24, 2.45) is 0 Å². The molecule has 18 heavy (non-hydrogen) atoms. The van der Waals surface area contributed by atoms with Gasteiger partial charge in [0.15, 0.2) is 5.69 Å². The summed E-state index contributed by atoms with van der Waals surface area (Å²) >= 11 is 0. The third-order valence-corrected chi connectivity index (χ3v) is 2.50. The number of nitrogens with one attached hydrogen (secondary N) is 2. The molecule has 2 aromatic heterocycles. The highest BCUT2D eigenvalue weighted by molar-refractivity contribution is 6.06. The minimum absolute atomic E-state index is 0.212. The van der Waals surface area contributed by atoms with Gasteiger partial charge in [0, 0.05) is 6.20 Å². The van der Waals surface area contributed by atoms with E-state index >= 15 is 0 Å². The number of nitrogens with two attached hydrogens (primary N) is 1. The van der Waals surface area contributed by atoms with Gasteiger partial charge in [-0.05, 0) is 18.6 Å². The van der Waals surface area contributed by atoms with Gasteiger partial charge in [-0.15, -0.1) is 0 Å². The molecule has 0 aromatic carbocycles. The Morgan fingerprint density at radius 3 is 3.00 bits per heavy atom. The maximum absolute atomic E-state index is 11.9. The summed E-state index contributed by atoms with van der Waals surface area (Å²) in [5.74, 6) is 0.117. The maximum atomic E-state index is 11.9. The zero-order valence-electron chi connectivity index (χ0n) is 10.1. The molecule has 0 spiro atoms. The number of hydrogen-bond acceptors (Lipinski definition) is 4. The van der Waals surface area contributed by atoms with Crippen LogP contribution in [0.25, 0.3) is 0 Å². The second-order valence-corrected chi connectivity index (χ2v) is 3.88. The largest absolute Gasteiger partial charge is 0.395 e. The Hall–Kier alpha value is -2.37. The van der Waals surface area contributed by atoms with Crippen molar-refractivity contribution in [2.75, 3.05) is 11.1 Å². The molecule has 2 aromatic rings. The van der Waals surface area contributed by atoms with Gasteiger partial charge in [0.1, 0.15) is 5.82 Å². The van der Waals surface area contributed by atoms with Gasteiger partial charge in [0.25, 0.3) is 5.91 Å². The van der Waals surface area contributed by atoms with Crippen LogP contribution in [0.1, 0.15) is 29.5 Å². The van der Waals surface area contributed by atoms with E-state index in [0.29, 0.717) is 11.5 Å². The summed E-state index contributed by atoms with van der Waals surface area (Å²) in [6.07, 6.45) is 3.31. The second-order valence-electron chi connectivity index (χ2n) is 3.88. The third kappa shape index (κ3) is 2.48.